The van der Waals surface area contributed by atoms with Crippen LogP contribution in [-0.4, -0.2) is 21.6 Å². The molecule has 4 rings (SSSR count). The highest BCUT2D eigenvalue weighted by Gasteiger charge is 2.45. The molecule has 6 nitrogen and oxygen atoms in total. The van der Waals surface area contributed by atoms with E-state index >= 15 is 0 Å². The molecule has 2 N–H and O–H groups in total. The number of anilines is 1. The maximum atomic E-state index is 13.3. The molecule has 1 aliphatic carbocycles. The lowest BCUT2D eigenvalue weighted by molar-refractivity contribution is -0.130. The number of hydrogen-bond donors (Lipinski definition) is 2. The molecule has 0 saturated heterocycles. The van der Waals surface area contributed by atoms with Crippen molar-refractivity contribution in [2.24, 2.45) is 0 Å². The third-order valence-corrected chi connectivity index (χ3v) is 5.57. The van der Waals surface area contributed by atoms with Crippen molar-refractivity contribution in [3.05, 3.63) is 83.9 Å². The van der Waals surface area contributed by atoms with Crippen LogP contribution in [0.1, 0.15) is 30.4 Å². The third kappa shape index (κ3) is 4.25. The molecule has 1 aromatic heterocycles. The van der Waals surface area contributed by atoms with Crippen molar-refractivity contribution in [1.82, 2.24) is 15.1 Å². The second-order valence-electron chi connectivity index (χ2n) is 7.58. The van der Waals surface area contributed by atoms with Gasteiger partial charge >= 0.3 is 0 Å². The van der Waals surface area contributed by atoms with Crippen molar-refractivity contribution in [3.8, 4) is 0 Å². The van der Waals surface area contributed by atoms with Crippen LogP contribution in [0.3, 0.4) is 0 Å². The van der Waals surface area contributed by atoms with Gasteiger partial charge in [-0.2, -0.15) is 5.10 Å². The molecule has 1 fully saturated rings. The SMILES string of the molecule is O=C(Cn1cccn1)Nc1cccc(CNC(=O)C2(c3ccc(F)cc3)CCC2)c1. The van der Waals surface area contributed by atoms with Crippen molar-refractivity contribution >= 4 is 17.5 Å². The molecule has 0 radical (unpaired) electrons. The van der Waals surface area contributed by atoms with Gasteiger partial charge in [-0.3, -0.25) is 14.3 Å². The number of benzene rings is 2. The van der Waals surface area contributed by atoms with Crippen LogP contribution in [0.25, 0.3) is 0 Å². The molecule has 0 atom stereocenters. The average Bonchev–Trinajstić information content (AvgIpc) is 3.20. The predicted octanol–water partition coefficient (Wildman–Crippen LogP) is 3.40. The lowest BCUT2D eigenvalue weighted by atomic mass is 9.64. The van der Waals surface area contributed by atoms with Gasteiger partial charge in [0.2, 0.25) is 11.8 Å². The van der Waals surface area contributed by atoms with Crippen LogP contribution in [-0.2, 0) is 28.1 Å². The summed E-state index contributed by atoms with van der Waals surface area (Å²) in [6.45, 7) is 0.485. The average molecular weight is 406 g/mol. The van der Waals surface area contributed by atoms with Gasteiger partial charge in [0, 0.05) is 24.6 Å². The number of nitrogens with zero attached hydrogens (tertiary/aromatic N) is 2. The molecule has 1 heterocycles. The van der Waals surface area contributed by atoms with Gasteiger partial charge < -0.3 is 10.6 Å². The van der Waals surface area contributed by atoms with Gasteiger partial charge in [0.1, 0.15) is 12.4 Å². The first-order valence-corrected chi connectivity index (χ1v) is 9.96. The number of halogens is 1. The summed E-state index contributed by atoms with van der Waals surface area (Å²) in [5.74, 6) is -0.529. The molecule has 3 aromatic rings. The smallest absolute Gasteiger partial charge is 0.246 e. The summed E-state index contributed by atoms with van der Waals surface area (Å²) in [4.78, 5) is 25.1. The minimum Gasteiger partial charge on any atom is -0.351 e. The Morgan fingerprint density at radius 2 is 1.90 bits per heavy atom. The Labute approximate surface area is 174 Å². The summed E-state index contributed by atoms with van der Waals surface area (Å²) >= 11 is 0. The predicted molar refractivity (Wildman–Crippen MR) is 111 cm³/mol. The Hall–Kier alpha value is -3.48. The normalized spacial score (nSPS) is 14.6. The van der Waals surface area contributed by atoms with Crippen molar-refractivity contribution in [3.63, 3.8) is 0 Å². The van der Waals surface area contributed by atoms with Gasteiger partial charge in [0.25, 0.3) is 0 Å². The van der Waals surface area contributed by atoms with E-state index in [1.165, 1.54) is 12.1 Å². The minimum absolute atomic E-state index is 0.0477. The first-order valence-electron chi connectivity index (χ1n) is 9.96. The first-order chi connectivity index (χ1) is 14.5. The Bertz CT molecular complexity index is 1030. The van der Waals surface area contributed by atoms with E-state index in [1.54, 1.807) is 41.3 Å². The van der Waals surface area contributed by atoms with E-state index in [0.29, 0.717) is 12.2 Å². The van der Waals surface area contributed by atoms with Crippen LogP contribution in [0, 0.1) is 5.82 Å². The summed E-state index contributed by atoms with van der Waals surface area (Å²) in [5.41, 5.74) is 1.82. The monoisotopic (exact) mass is 406 g/mol. The molecule has 1 aliphatic rings. The highest BCUT2D eigenvalue weighted by atomic mass is 19.1. The lowest BCUT2D eigenvalue weighted by Crippen LogP contribution is -2.49. The van der Waals surface area contributed by atoms with Crippen LogP contribution < -0.4 is 10.6 Å². The van der Waals surface area contributed by atoms with Crippen LogP contribution in [0.4, 0.5) is 10.1 Å². The Kier molecular flexibility index (Phi) is 5.61. The molecular formula is C23H23FN4O2. The fraction of sp³-hybridized carbons (Fsp3) is 0.261. The van der Waals surface area contributed by atoms with Crippen molar-refractivity contribution in [2.45, 2.75) is 37.8 Å². The van der Waals surface area contributed by atoms with E-state index in [4.69, 9.17) is 0 Å². The standard InChI is InChI=1S/C23H23FN4O2/c24-19-8-6-18(7-9-19)23(10-2-11-23)22(30)25-15-17-4-1-5-20(14-17)27-21(29)16-28-13-3-12-26-28/h1,3-9,12-14H,2,10-11,15-16H2,(H,25,30)(H,27,29). The second-order valence-corrected chi connectivity index (χ2v) is 7.58. The fourth-order valence-electron chi connectivity index (χ4n) is 3.80. The zero-order valence-electron chi connectivity index (χ0n) is 16.5. The first kappa shape index (κ1) is 19.8. The summed E-state index contributed by atoms with van der Waals surface area (Å²) in [6.07, 6.45) is 5.84. The molecule has 154 valence electrons. The zero-order valence-corrected chi connectivity index (χ0v) is 16.5. The van der Waals surface area contributed by atoms with Gasteiger partial charge in [-0.05, 0) is 54.3 Å². The number of amides is 2. The largest absolute Gasteiger partial charge is 0.351 e. The minimum atomic E-state index is -0.580. The van der Waals surface area contributed by atoms with Crippen molar-refractivity contribution in [1.29, 1.82) is 0 Å². The van der Waals surface area contributed by atoms with E-state index < -0.39 is 5.41 Å². The van der Waals surface area contributed by atoms with E-state index in [-0.39, 0.29) is 24.2 Å². The molecule has 30 heavy (non-hydrogen) atoms. The highest BCUT2D eigenvalue weighted by molar-refractivity contribution is 5.91. The van der Waals surface area contributed by atoms with Gasteiger partial charge in [-0.15, -0.1) is 0 Å². The van der Waals surface area contributed by atoms with E-state index in [1.807, 2.05) is 18.2 Å². The Balaban J connectivity index is 1.37. The summed E-state index contributed by atoms with van der Waals surface area (Å²) in [5, 5.41) is 9.87. The molecule has 1 saturated carbocycles. The van der Waals surface area contributed by atoms with E-state index in [9.17, 15) is 14.0 Å². The quantitative estimate of drug-likeness (QED) is 0.631. The topological polar surface area (TPSA) is 76.0 Å². The molecule has 2 aromatic carbocycles. The Morgan fingerprint density at radius 1 is 1.10 bits per heavy atom. The molecule has 0 spiro atoms. The van der Waals surface area contributed by atoms with Gasteiger partial charge in [-0.25, -0.2) is 4.39 Å². The number of rotatable bonds is 7. The number of nitrogens with one attached hydrogen (secondary N) is 2. The number of carbonyl (C=O) groups excluding carboxylic acids is 2. The van der Waals surface area contributed by atoms with Gasteiger partial charge in [0.05, 0.1) is 5.41 Å². The maximum Gasteiger partial charge on any atom is 0.246 e. The van der Waals surface area contributed by atoms with E-state index in [0.717, 1.165) is 30.4 Å². The molecule has 0 bridgehead atoms. The number of carbonyl (C=O) groups is 2. The molecule has 7 heteroatoms. The van der Waals surface area contributed by atoms with Crippen LogP contribution in [0.5, 0.6) is 0 Å². The summed E-state index contributed by atoms with van der Waals surface area (Å²) in [7, 11) is 0. The fourth-order valence-corrected chi connectivity index (χ4v) is 3.80. The number of aromatic nitrogens is 2. The lowest BCUT2D eigenvalue weighted by Gasteiger charge is -2.40. The molecule has 0 aliphatic heterocycles. The number of hydrogen-bond acceptors (Lipinski definition) is 3. The molecular weight excluding hydrogens is 383 g/mol. The van der Waals surface area contributed by atoms with Crippen molar-refractivity contribution in [2.75, 3.05) is 5.32 Å². The summed E-state index contributed by atoms with van der Waals surface area (Å²) in [6, 6.07) is 15.3. The van der Waals surface area contributed by atoms with Crippen LogP contribution in [0.15, 0.2) is 67.0 Å². The molecule has 0 unspecified atom stereocenters. The highest BCUT2D eigenvalue weighted by Crippen LogP contribution is 2.44. The van der Waals surface area contributed by atoms with E-state index in [2.05, 4.69) is 15.7 Å². The summed E-state index contributed by atoms with van der Waals surface area (Å²) < 4.78 is 14.8. The molecule has 2 amide bonds. The van der Waals surface area contributed by atoms with Crippen LogP contribution in [0.2, 0.25) is 0 Å². The van der Waals surface area contributed by atoms with Gasteiger partial charge in [0.15, 0.2) is 0 Å². The second kappa shape index (κ2) is 8.49. The zero-order chi connectivity index (χ0) is 21.0. The van der Waals surface area contributed by atoms with Crippen LogP contribution >= 0.6 is 0 Å². The van der Waals surface area contributed by atoms with Crippen molar-refractivity contribution < 1.29 is 14.0 Å². The third-order valence-electron chi connectivity index (χ3n) is 5.57. The van der Waals surface area contributed by atoms with Gasteiger partial charge in [-0.1, -0.05) is 30.7 Å². The maximum absolute atomic E-state index is 13.3. The Morgan fingerprint density at radius 3 is 2.57 bits per heavy atom.